The number of amides is 1. The number of rotatable bonds is 9. The van der Waals surface area contributed by atoms with Crippen molar-refractivity contribution in [2.45, 2.75) is 52.1 Å². The monoisotopic (exact) mass is 532 g/mol. The Labute approximate surface area is 197 Å². The van der Waals surface area contributed by atoms with Crippen molar-refractivity contribution in [3.63, 3.8) is 0 Å². The molecule has 1 aromatic rings. The minimum atomic E-state index is -0.509. The number of aliphatic imine (C=N–C) groups is 1. The van der Waals surface area contributed by atoms with E-state index < -0.39 is 11.7 Å². The van der Waals surface area contributed by atoms with Gasteiger partial charge in [-0.2, -0.15) is 0 Å². The molecule has 1 aromatic carbocycles. The molecule has 7 nitrogen and oxygen atoms in total. The summed E-state index contributed by atoms with van der Waals surface area (Å²) < 4.78 is 10.5. The quantitative estimate of drug-likeness (QED) is 0.253. The van der Waals surface area contributed by atoms with Crippen molar-refractivity contribution in [2.24, 2.45) is 10.4 Å². The minimum absolute atomic E-state index is 0. The van der Waals surface area contributed by atoms with Gasteiger partial charge in [0.1, 0.15) is 5.60 Å². The van der Waals surface area contributed by atoms with Crippen LogP contribution in [-0.2, 0) is 15.9 Å². The summed E-state index contributed by atoms with van der Waals surface area (Å²) in [5, 5.41) is 9.55. The third-order valence-corrected chi connectivity index (χ3v) is 4.95. The molecular formula is C22H37IN4O3. The number of hydrogen-bond acceptors (Lipinski definition) is 4. The Balaban J connectivity index is 0.00000450. The highest BCUT2D eigenvalue weighted by atomic mass is 127. The van der Waals surface area contributed by atoms with Crippen LogP contribution in [0.15, 0.2) is 29.3 Å². The van der Waals surface area contributed by atoms with Crippen molar-refractivity contribution < 1.29 is 14.3 Å². The van der Waals surface area contributed by atoms with Crippen LogP contribution in [0.2, 0.25) is 0 Å². The Morgan fingerprint density at radius 2 is 1.83 bits per heavy atom. The molecule has 8 heteroatoms. The van der Waals surface area contributed by atoms with Crippen molar-refractivity contribution in [3.8, 4) is 0 Å². The van der Waals surface area contributed by atoms with Gasteiger partial charge in [-0.25, -0.2) is 4.79 Å². The van der Waals surface area contributed by atoms with Gasteiger partial charge in [-0.3, -0.25) is 10.3 Å². The highest BCUT2D eigenvalue weighted by Gasteiger charge is 2.41. The second kappa shape index (κ2) is 12.3. The number of anilines is 1. The predicted octanol–water partition coefficient (Wildman–Crippen LogP) is 4.18. The van der Waals surface area contributed by atoms with Crippen LogP contribution >= 0.6 is 24.0 Å². The van der Waals surface area contributed by atoms with Gasteiger partial charge in [0, 0.05) is 39.5 Å². The largest absolute Gasteiger partial charge is 0.444 e. The van der Waals surface area contributed by atoms with E-state index in [1.807, 2.05) is 45.0 Å². The van der Waals surface area contributed by atoms with E-state index in [1.54, 1.807) is 14.2 Å². The zero-order valence-corrected chi connectivity index (χ0v) is 21.2. The van der Waals surface area contributed by atoms with E-state index in [4.69, 9.17) is 9.47 Å². The number of carbonyl (C=O) groups excluding carboxylic acids is 1. The first-order valence-corrected chi connectivity index (χ1v) is 10.3. The highest BCUT2D eigenvalue weighted by molar-refractivity contribution is 14.0. The number of hydrogen-bond donors (Lipinski definition) is 3. The summed E-state index contributed by atoms with van der Waals surface area (Å²) in [4.78, 5) is 16.1. The standard InChI is InChI=1S/C22H36N4O3.HI/c1-21(2,3)29-20(27)26-18-8-6-17(7-9-18)10-14-24-19(23-4)25-16-22(11-12-22)13-15-28-5;/h6-9H,10-16H2,1-5H3,(H,26,27)(H2,23,24,25);1H. The van der Waals surface area contributed by atoms with Gasteiger partial charge in [0.05, 0.1) is 0 Å². The van der Waals surface area contributed by atoms with Crippen molar-refractivity contribution in [3.05, 3.63) is 29.8 Å². The lowest BCUT2D eigenvalue weighted by molar-refractivity contribution is 0.0636. The third kappa shape index (κ3) is 9.97. The van der Waals surface area contributed by atoms with Crippen LogP contribution in [0, 0.1) is 5.41 Å². The molecule has 0 unspecified atom stereocenters. The van der Waals surface area contributed by atoms with E-state index in [9.17, 15) is 4.79 Å². The molecule has 0 radical (unpaired) electrons. The zero-order valence-electron chi connectivity index (χ0n) is 18.8. The van der Waals surface area contributed by atoms with E-state index >= 15 is 0 Å². The zero-order chi connectivity index (χ0) is 21.3. The smallest absolute Gasteiger partial charge is 0.412 e. The Kier molecular flexibility index (Phi) is 10.9. The van der Waals surface area contributed by atoms with Gasteiger partial charge < -0.3 is 20.1 Å². The Hall–Kier alpha value is -1.55. The molecule has 1 fully saturated rings. The minimum Gasteiger partial charge on any atom is -0.444 e. The Morgan fingerprint density at radius 1 is 1.17 bits per heavy atom. The number of methoxy groups -OCH3 is 1. The van der Waals surface area contributed by atoms with Crippen LogP contribution in [0.5, 0.6) is 0 Å². The molecule has 1 aliphatic rings. The fourth-order valence-corrected chi connectivity index (χ4v) is 3.00. The first-order chi connectivity index (χ1) is 13.8. The van der Waals surface area contributed by atoms with Crippen LogP contribution in [-0.4, -0.2) is 51.5 Å². The molecule has 0 spiro atoms. The number of ether oxygens (including phenoxy) is 2. The average molecular weight is 532 g/mol. The van der Waals surface area contributed by atoms with E-state index in [1.165, 1.54) is 18.4 Å². The van der Waals surface area contributed by atoms with Crippen LogP contribution in [0.1, 0.15) is 45.6 Å². The fourth-order valence-electron chi connectivity index (χ4n) is 3.00. The molecule has 30 heavy (non-hydrogen) atoms. The number of nitrogens with zero attached hydrogens (tertiary/aromatic N) is 1. The summed E-state index contributed by atoms with van der Waals surface area (Å²) in [6.07, 6.45) is 4.02. The van der Waals surface area contributed by atoms with E-state index in [2.05, 4.69) is 20.9 Å². The lowest BCUT2D eigenvalue weighted by atomic mass is 10.0. The summed E-state index contributed by atoms with van der Waals surface area (Å²) in [5.74, 6) is 0.830. The summed E-state index contributed by atoms with van der Waals surface area (Å²) in [7, 11) is 3.55. The second-order valence-corrected chi connectivity index (χ2v) is 8.67. The average Bonchev–Trinajstić information content (AvgIpc) is 3.43. The number of carbonyl (C=O) groups is 1. The molecule has 3 N–H and O–H groups in total. The van der Waals surface area contributed by atoms with E-state index in [0.29, 0.717) is 5.41 Å². The third-order valence-electron chi connectivity index (χ3n) is 4.95. The maximum atomic E-state index is 11.8. The van der Waals surface area contributed by atoms with Crippen molar-refractivity contribution in [1.82, 2.24) is 10.6 Å². The molecule has 0 saturated heterocycles. The Morgan fingerprint density at radius 3 is 2.37 bits per heavy atom. The number of halogens is 1. The van der Waals surface area contributed by atoms with Crippen molar-refractivity contribution in [2.75, 3.05) is 39.2 Å². The maximum Gasteiger partial charge on any atom is 0.412 e. The molecule has 1 aliphatic carbocycles. The Bertz CT molecular complexity index is 683. The van der Waals surface area contributed by atoms with Crippen LogP contribution in [0.4, 0.5) is 10.5 Å². The summed E-state index contributed by atoms with van der Waals surface area (Å²) in [6.45, 7) is 8.05. The predicted molar refractivity (Wildman–Crippen MR) is 133 cm³/mol. The summed E-state index contributed by atoms with van der Waals surface area (Å²) >= 11 is 0. The van der Waals surface area contributed by atoms with Gasteiger partial charge >= 0.3 is 6.09 Å². The molecule has 0 heterocycles. The second-order valence-electron chi connectivity index (χ2n) is 8.67. The summed E-state index contributed by atoms with van der Waals surface area (Å²) in [6, 6.07) is 7.79. The van der Waals surface area contributed by atoms with Gasteiger partial charge in [-0.05, 0) is 69.6 Å². The van der Waals surface area contributed by atoms with Crippen LogP contribution < -0.4 is 16.0 Å². The van der Waals surface area contributed by atoms with Gasteiger partial charge in [0.15, 0.2) is 5.96 Å². The topological polar surface area (TPSA) is 84.0 Å². The molecule has 1 saturated carbocycles. The van der Waals surface area contributed by atoms with Crippen LogP contribution in [0.25, 0.3) is 0 Å². The molecule has 1 amide bonds. The van der Waals surface area contributed by atoms with E-state index in [0.717, 1.165) is 44.2 Å². The van der Waals surface area contributed by atoms with Crippen LogP contribution in [0.3, 0.4) is 0 Å². The molecule has 2 rings (SSSR count). The van der Waals surface area contributed by atoms with Crippen molar-refractivity contribution in [1.29, 1.82) is 0 Å². The number of benzene rings is 1. The highest BCUT2D eigenvalue weighted by Crippen LogP contribution is 2.48. The first-order valence-electron chi connectivity index (χ1n) is 10.3. The lowest BCUT2D eigenvalue weighted by Crippen LogP contribution is -2.41. The lowest BCUT2D eigenvalue weighted by Gasteiger charge is -2.19. The molecule has 170 valence electrons. The van der Waals surface area contributed by atoms with Crippen molar-refractivity contribution >= 4 is 41.7 Å². The van der Waals surface area contributed by atoms with E-state index in [-0.39, 0.29) is 24.0 Å². The normalized spacial score (nSPS) is 15.0. The number of guanidine groups is 1. The molecule has 0 bridgehead atoms. The summed E-state index contributed by atoms with van der Waals surface area (Å²) in [5.41, 5.74) is 1.77. The van der Waals surface area contributed by atoms with Gasteiger partial charge in [-0.1, -0.05) is 12.1 Å². The SMILES string of the molecule is CN=C(NCCc1ccc(NC(=O)OC(C)(C)C)cc1)NCC1(CCOC)CC1.I. The van der Waals surface area contributed by atoms with Gasteiger partial charge in [-0.15, -0.1) is 24.0 Å². The molecular weight excluding hydrogens is 495 g/mol. The molecule has 0 atom stereocenters. The first kappa shape index (κ1) is 26.5. The van der Waals surface area contributed by atoms with Gasteiger partial charge in [0.2, 0.25) is 0 Å². The fraction of sp³-hybridized carbons (Fsp3) is 0.636. The number of nitrogens with one attached hydrogen (secondary N) is 3. The maximum absolute atomic E-state index is 11.8. The van der Waals surface area contributed by atoms with Gasteiger partial charge in [0.25, 0.3) is 0 Å². The molecule has 0 aromatic heterocycles. The molecule has 0 aliphatic heterocycles.